The third-order valence-corrected chi connectivity index (χ3v) is 4.20. The van der Waals surface area contributed by atoms with Crippen LogP contribution in [0.25, 0.3) is 5.57 Å². The molecule has 0 radical (unpaired) electrons. The minimum atomic E-state index is -0.410. The summed E-state index contributed by atoms with van der Waals surface area (Å²) in [5.41, 5.74) is 6.71. The molecule has 27 heavy (non-hydrogen) atoms. The SMILES string of the molecule is C=C(C)Cc1cc(F)ccc1F.C=CC/C(=C\C)c1ccc(C)cc1CC. The predicted octanol–water partition coefficient (Wildman–Crippen LogP) is 7.62. The Kier molecular flexibility index (Phi) is 9.42. The Bertz CT molecular complexity index is 813. The molecule has 0 bridgehead atoms. The van der Waals surface area contributed by atoms with Crippen molar-refractivity contribution in [3.8, 4) is 0 Å². The van der Waals surface area contributed by atoms with Crippen LogP contribution in [0, 0.1) is 18.6 Å². The first kappa shape index (κ1) is 22.6. The molecule has 0 aliphatic rings. The first-order chi connectivity index (χ1) is 12.8. The van der Waals surface area contributed by atoms with Gasteiger partial charge in [-0.15, -0.1) is 6.58 Å². The molecule has 0 saturated heterocycles. The summed E-state index contributed by atoms with van der Waals surface area (Å²) < 4.78 is 25.5. The Balaban J connectivity index is 0.000000277. The van der Waals surface area contributed by atoms with Gasteiger partial charge in [-0.1, -0.05) is 55.0 Å². The summed E-state index contributed by atoms with van der Waals surface area (Å²) in [6.45, 7) is 15.7. The highest BCUT2D eigenvalue weighted by molar-refractivity contribution is 5.69. The molecule has 0 nitrogen and oxygen atoms in total. The van der Waals surface area contributed by atoms with Gasteiger partial charge in [0.25, 0.3) is 0 Å². The highest BCUT2D eigenvalue weighted by Crippen LogP contribution is 2.24. The zero-order chi connectivity index (χ0) is 20.4. The minimum Gasteiger partial charge on any atom is -0.207 e. The van der Waals surface area contributed by atoms with Crippen LogP contribution in [0.15, 0.2) is 67.3 Å². The fraction of sp³-hybridized carbons (Fsp3) is 0.280. The summed E-state index contributed by atoms with van der Waals surface area (Å²) in [5, 5.41) is 0. The van der Waals surface area contributed by atoms with Crippen LogP contribution in [0.1, 0.15) is 49.4 Å². The van der Waals surface area contributed by atoms with Gasteiger partial charge in [-0.05, 0) is 80.5 Å². The standard InChI is InChI=1S/C15H20.C10H10F2/c1-5-8-13(6-2)15-10-9-12(4)11-14(15)7-3;1-7(2)5-8-6-9(11)3-4-10(8)12/h5-6,9-11H,1,7-8H2,2-4H3;3-4,6H,1,5H2,2H3/b13-6+;. The lowest BCUT2D eigenvalue weighted by atomic mass is 9.94. The van der Waals surface area contributed by atoms with Gasteiger partial charge >= 0.3 is 0 Å². The van der Waals surface area contributed by atoms with Crippen molar-refractivity contribution in [1.29, 1.82) is 0 Å². The number of allylic oxidation sites excluding steroid dienone is 4. The van der Waals surface area contributed by atoms with Crippen molar-refractivity contribution in [2.75, 3.05) is 0 Å². The normalized spacial score (nSPS) is 10.8. The van der Waals surface area contributed by atoms with Gasteiger partial charge < -0.3 is 0 Å². The molecule has 0 atom stereocenters. The zero-order valence-electron chi connectivity index (χ0n) is 16.9. The van der Waals surface area contributed by atoms with Crippen molar-refractivity contribution in [1.82, 2.24) is 0 Å². The van der Waals surface area contributed by atoms with Crippen LogP contribution in [-0.4, -0.2) is 0 Å². The van der Waals surface area contributed by atoms with Gasteiger partial charge in [0.15, 0.2) is 0 Å². The molecule has 0 heterocycles. The molecular weight excluding hydrogens is 338 g/mol. The highest BCUT2D eigenvalue weighted by atomic mass is 19.1. The van der Waals surface area contributed by atoms with Gasteiger partial charge in [-0.25, -0.2) is 8.78 Å². The van der Waals surface area contributed by atoms with E-state index < -0.39 is 5.82 Å². The largest absolute Gasteiger partial charge is 0.207 e. The predicted molar refractivity (Wildman–Crippen MR) is 114 cm³/mol. The van der Waals surface area contributed by atoms with Crippen LogP contribution < -0.4 is 0 Å². The topological polar surface area (TPSA) is 0 Å². The molecule has 2 aromatic carbocycles. The van der Waals surface area contributed by atoms with E-state index in [-0.39, 0.29) is 5.82 Å². The molecule has 0 unspecified atom stereocenters. The van der Waals surface area contributed by atoms with Gasteiger partial charge in [-0.2, -0.15) is 0 Å². The third kappa shape index (κ3) is 7.34. The van der Waals surface area contributed by atoms with E-state index in [0.717, 1.165) is 30.5 Å². The average molecular weight is 369 g/mol. The van der Waals surface area contributed by atoms with E-state index in [1.165, 1.54) is 28.3 Å². The van der Waals surface area contributed by atoms with Crippen molar-refractivity contribution in [2.45, 2.75) is 47.0 Å². The van der Waals surface area contributed by atoms with Gasteiger partial charge in [0.1, 0.15) is 11.6 Å². The maximum atomic E-state index is 12.9. The molecule has 2 aromatic rings. The second-order valence-corrected chi connectivity index (χ2v) is 6.69. The van der Waals surface area contributed by atoms with E-state index in [1.54, 1.807) is 6.92 Å². The molecule has 144 valence electrons. The number of benzene rings is 2. The van der Waals surface area contributed by atoms with E-state index in [2.05, 4.69) is 58.2 Å². The molecule has 2 rings (SSSR count). The average Bonchev–Trinajstić information content (AvgIpc) is 2.63. The Morgan fingerprint density at radius 1 is 1.07 bits per heavy atom. The van der Waals surface area contributed by atoms with E-state index in [1.807, 2.05) is 6.08 Å². The van der Waals surface area contributed by atoms with Crippen LogP contribution in [-0.2, 0) is 12.8 Å². The highest BCUT2D eigenvalue weighted by Gasteiger charge is 2.05. The summed E-state index contributed by atoms with van der Waals surface area (Å²) in [5.74, 6) is -0.785. The molecular formula is C25H30F2. The van der Waals surface area contributed by atoms with E-state index in [4.69, 9.17) is 0 Å². The summed E-state index contributed by atoms with van der Waals surface area (Å²) in [4.78, 5) is 0. The molecule has 0 aliphatic heterocycles. The Morgan fingerprint density at radius 3 is 2.33 bits per heavy atom. The maximum absolute atomic E-state index is 12.9. The second-order valence-electron chi connectivity index (χ2n) is 6.69. The molecule has 0 N–H and O–H groups in total. The van der Waals surface area contributed by atoms with Crippen LogP contribution in [0.4, 0.5) is 8.78 Å². The first-order valence-corrected chi connectivity index (χ1v) is 9.26. The molecule has 0 saturated carbocycles. The molecule has 0 spiro atoms. The van der Waals surface area contributed by atoms with Crippen molar-refractivity contribution >= 4 is 5.57 Å². The fourth-order valence-corrected chi connectivity index (χ4v) is 2.87. The smallest absolute Gasteiger partial charge is 0.126 e. The third-order valence-electron chi connectivity index (χ3n) is 4.20. The molecule has 0 aromatic heterocycles. The number of halogens is 2. The quantitative estimate of drug-likeness (QED) is 0.460. The number of aryl methyl sites for hydroxylation is 2. The van der Waals surface area contributed by atoms with Crippen LogP contribution in [0.2, 0.25) is 0 Å². The molecule has 0 amide bonds. The summed E-state index contributed by atoms with van der Waals surface area (Å²) in [6, 6.07) is 10.1. The summed E-state index contributed by atoms with van der Waals surface area (Å²) >= 11 is 0. The Labute approximate surface area is 163 Å². The maximum Gasteiger partial charge on any atom is 0.126 e. The molecule has 0 fully saturated rings. The van der Waals surface area contributed by atoms with Gasteiger partial charge in [-0.3, -0.25) is 0 Å². The van der Waals surface area contributed by atoms with Crippen LogP contribution in [0.3, 0.4) is 0 Å². The lowest BCUT2D eigenvalue weighted by Crippen LogP contribution is -1.92. The summed E-state index contributed by atoms with van der Waals surface area (Å²) in [7, 11) is 0. The van der Waals surface area contributed by atoms with Crippen LogP contribution in [0.5, 0.6) is 0 Å². The van der Waals surface area contributed by atoms with Crippen molar-refractivity contribution in [2.24, 2.45) is 0 Å². The van der Waals surface area contributed by atoms with Crippen molar-refractivity contribution < 1.29 is 8.78 Å². The molecule has 2 heteroatoms. The fourth-order valence-electron chi connectivity index (χ4n) is 2.87. The Morgan fingerprint density at radius 2 is 1.78 bits per heavy atom. The monoisotopic (exact) mass is 368 g/mol. The summed E-state index contributed by atoms with van der Waals surface area (Å²) in [6.07, 6.45) is 6.59. The first-order valence-electron chi connectivity index (χ1n) is 9.26. The van der Waals surface area contributed by atoms with Crippen LogP contribution >= 0.6 is 0 Å². The zero-order valence-corrected chi connectivity index (χ0v) is 16.9. The van der Waals surface area contributed by atoms with Crippen molar-refractivity contribution in [3.63, 3.8) is 0 Å². The number of hydrogen-bond donors (Lipinski definition) is 0. The Hall–Kier alpha value is -2.48. The van der Waals surface area contributed by atoms with Gasteiger partial charge in [0, 0.05) is 0 Å². The molecule has 0 aliphatic carbocycles. The van der Waals surface area contributed by atoms with Crippen molar-refractivity contribution in [3.05, 3.63) is 101 Å². The van der Waals surface area contributed by atoms with Gasteiger partial charge in [0.05, 0.1) is 0 Å². The number of hydrogen-bond acceptors (Lipinski definition) is 0. The minimum absolute atomic E-state index is 0.363. The lowest BCUT2D eigenvalue weighted by molar-refractivity contribution is 0.588. The lowest BCUT2D eigenvalue weighted by Gasteiger charge is -2.11. The van der Waals surface area contributed by atoms with E-state index in [0.29, 0.717) is 12.0 Å². The number of rotatable bonds is 6. The van der Waals surface area contributed by atoms with E-state index in [9.17, 15) is 8.78 Å². The van der Waals surface area contributed by atoms with Gasteiger partial charge in [0.2, 0.25) is 0 Å². The second kappa shape index (κ2) is 11.3. The van der Waals surface area contributed by atoms with E-state index >= 15 is 0 Å².